The zero-order valence-electron chi connectivity index (χ0n) is 10.4. The van der Waals surface area contributed by atoms with Crippen molar-refractivity contribution in [3.05, 3.63) is 0 Å². The van der Waals surface area contributed by atoms with Crippen LogP contribution in [0.4, 0.5) is 0 Å². The molecule has 2 bridgehead atoms. The van der Waals surface area contributed by atoms with Crippen molar-refractivity contribution in [2.45, 2.75) is 38.5 Å². The smallest absolute Gasteiger partial charge is 0.222 e. The quantitative estimate of drug-likeness (QED) is 0.710. The summed E-state index contributed by atoms with van der Waals surface area (Å²) in [5.74, 6) is 4.17. The summed E-state index contributed by atoms with van der Waals surface area (Å²) in [5, 5.41) is 0. The number of amides is 1. The van der Waals surface area contributed by atoms with E-state index in [4.69, 9.17) is 11.6 Å². The third kappa shape index (κ3) is 2.33. The summed E-state index contributed by atoms with van der Waals surface area (Å²) in [7, 11) is 0. The molecule has 2 nitrogen and oxygen atoms in total. The molecule has 96 valence electrons. The van der Waals surface area contributed by atoms with E-state index in [1.54, 1.807) is 0 Å². The summed E-state index contributed by atoms with van der Waals surface area (Å²) >= 11 is 5.86. The summed E-state index contributed by atoms with van der Waals surface area (Å²) in [5.41, 5.74) is 0. The lowest BCUT2D eigenvalue weighted by Crippen LogP contribution is -2.31. The molecule has 2 saturated carbocycles. The summed E-state index contributed by atoms with van der Waals surface area (Å²) in [6.07, 6.45) is 7.45. The molecule has 3 rings (SSSR count). The molecule has 4 atom stereocenters. The average Bonchev–Trinajstić information content (AvgIpc) is 3.04. The fourth-order valence-electron chi connectivity index (χ4n) is 4.16. The number of carbonyl (C=O) groups excluding carboxylic acids is 1. The van der Waals surface area contributed by atoms with E-state index in [9.17, 15) is 4.79 Å². The van der Waals surface area contributed by atoms with Crippen LogP contribution in [0.2, 0.25) is 0 Å². The molecule has 0 spiro atoms. The Kier molecular flexibility index (Phi) is 3.34. The van der Waals surface area contributed by atoms with Gasteiger partial charge in [-0.3, -0.25) is 4.79 Å². The van der Waals surface area contributed by atoms with Crippen LogP contribution in [0.1, 0.15) is 38.5 Å². The molecule has 0 aromatic heterocycles. The van der Waals surface area contributed by atoms with Crippen LogP contribution in [0.15, 0.2) is 0 Å². The summed E-state index contributed by atoms with van der Waals surface area (Å²) in [4.78, 5) is 14.3. The van der Waals surface area contributed by atoms with Crippen molar-refractivity contribution in [2.75, 3.05) is 19.0 Å². The lowest BCUT2D eigenvalue weighted by Gasteiger charge is -2.24. The van der Waals surface area contributed by atoms with Gasteiger partial charge in [0.1, 0.15) is 0 Å². The molecule has 3 fully saturated rings. The zero-order chi connectivity index (χ0) is 11.8. The molecule has 4 unspecified atom stereocenters. The van der Waals surface area contributed by atoms with Gasteiger partial charge in [0.05, 0.1) is 0 Å². The maximum atomic E-state index is 12.2. The van der Waals surface area contributed by atoms with Gasteiger partial charge in [-0.25, -0.2) is 0 Å². The van der Waals surface area contributed by atoms with Gasteiger partial charge >= 0.3 is 0 Å². The van der Waals surface area contributed by atoms with E-state index in [0.29, 0.717) is 23.6 Å². The van der Waals surface area contributed by atoms with Crippen molar-refractivity contribution in [3.8, 4) is 0 Å². The second-order valence-corrected chi connectivity index (χ2v) is 6.60. The minimum Gasteiger partial charge on any atom is -0.342 e. The first-order valence-corrected chi connectivity index (χ1v) is 7.63. The van der Waals surface area contributed by atoms with Crippen LogP contribution in [0.25, 0.3) is 0 Å². The maximum Gasteiger partial charge on any atom is 0.222 e. The van der Waals surface area contributed by atoms with Crippen LogP contribution < -0.4 is 0 Å². The number of hydrogen-bond acceptors (Lipinski definition) is 1. The standard InChI is InChI=1S/C14H22ClNO/c15-8-11-3-4-16(9-11)14(17)7-13-6-10-1-2-12(13)5-10/h10-13H,1-9H2. The molecule has 0 aromatic carbocycles. The minimum absolute atomic E-state index is 0.398. The number of nitrogens with zero attached hydrogens (tertiary/aromatic N) is 1. The molecule has 0 radical (unpaired) electrons. The van der Waals surface area contributed by atoms with Gasteiger partial charge in [0.2, 0.25) is 5.91 Å². The molecule has 0 aromatic rings. The minimum atomic E-state index is 0.398. The summed E-state index contributed by atoms with van der Waals surface area (Å²) < 4.78 is 0. The molecule has 1 amide bonds. The van der Waals surface area contributed by atoms with Gasteiger partial charge in [-0.15, -0.1) is 11.6 Å². The fraction of sp³-hybridized carbons (Fsp3) is 0.929. The Morgan fingerprint density at radius 1 is 1.24 bits per heavy atom. The van der Waals surface area contributed by atoms with Crippen LogP contribution in [-0.2, 0) is 4.79 Å². The van der Waals surface area contributed by atoms with Crippen molar-refractivity contribution in [1.82, 2.24) is 4.90 Å². The Hall–Kier alpha value is -0.240. The molecule has 1 heterocycles. The van der Waals surface area contributed by atoms with Crippen molar-refractivity contribution >= 4 is 17.5 Å². The largest absolute Gasteiger partial charge is 0.342 e. The molecular formula is C14H22ClNO. The van der Waals surface area contributed by atoms with E-state index in [1.807, 2.05) is 0 Å². The van der Waals surface area contributed by atoms with Gasteiger partial charge in [0.25, 0.3) is 0 Å². The number of rotatable bonds is 3. The number of fused-ring (bicyclic) bond motifs is 2. The lowest BCUT2D eigenvalue weighted by atomic mass is 9.86. The molecule has 3 aliphatic rings. The van der Waals surface area contributed by atoms with Gasteiger partial charge in [-0.1, -0.05) is 6.42 Å². The lowest BCUT2D eigenvalue weighted by molar-refractivity contribution is -0.131. The monoisotopic (exact) mass is 255 g/mol. The third-order valence-corrected chi connectivity index (χ3v) is 5.61. The Balaban J connectivity index is 1.51. The Morgan fingerprint density at radius 3 is 2.71 bits per heavy atom. The topological polar surface area (TPSA) is 20.3 Å². The Bertz CT molecular complexity index is 307. The highest BCUT2D eigenvalue weighted by Crippen LogP contribution is 2.49. The van der Waals surface area contributed by atoms with Gasteiger partial charge in [0, 0.05) is 25.4 Å². The van der Waals surface area contributed by atoms with Gasteiger partial charge < -0.3 is 4.90 Å². The van der Waals surface area contributed by atoms with E-state index >= 15 is 0 Å². The number of carbonyl (C=O) groups is 1. The molecular weight excluding hydrogens is 234 g/mol. The van der Waals surface area contributed by atoms with Crippen LogP contribution in [-0.4, -0.2) is 29.8 Å². The Morgan fingerprint density at radius 2 is 2.12 bits per heavy atom. The first-order chi connectivity index (χ1) is 8.26. The van der Waals surface area contributed by atoms with Crippen molar-refractivity contribution in [1.29, 1.82) is 0 Å². The van der Waals surface area contributed by atoms with E-state index < -0.39 is 0 Å². The second-order valence-electron chi connectivity index (χ2n) is 6.29. The highest BCUT2D eigenvalue weighted by Gasteiger charge is 2.41. The molecule has 3 heteroatoms. The summed E-state index contributed by atoms with van der Waals surface area (Å²) in [6, 6.07) is 0. The average molecular weight is 256 g/mol. The van der Waals surface area contributed by atoms with Crippen molar-refractivity contribution in [2.24, 2.45) is 23.7 Å². The van der Waals surface area contributed by atoms with Gasteiger partial charge in [-0.05, 0) is 49.4 Å². The number of likely N-dealkylation sites (tertiary alicyclic amines) is 1. The Labute approximate surface area is 109 Å². The number of alkyl halides is 1. The highest BCUT2D eigenvalue weighted by atomic mass is 35.5. The van der Waals surface area contributed by atoms with E-state index in [1.165, 1.54) is 25.7 Å². The molecule has 1 saturated heterocycles. The predicted octanol–water partition coefficient (Wildman–Crippen LogP) is 2.90. The van der Waals surface area contributed by atoms with Gasteiger partial charge in [-0.2, -0.15) is 0 Å². The third-order valence-electron chi connectivity index (χ3n) is 5.18. The predicted molar refractivity (Wildman–Crippen MR) is 69.0 cm³/mol. The molecule has 1 aliphatic heterocycles. The fourth-order valence-corrected chi connectivity index (χ4v) is 4.42. The first-order valence-electron chi connectivity index (χ1n) is 7.10. The highest BCUT2D eigenvalue weighted by molar-refractivity contribution is 6.18. The van der Waals surface area contributed by atoms with Crippen molar-refractivity contribution < 1.29 is 4.79 Å². The van der Waals surface area contributed by atoms with Crippen molar-refractivity contribution in [3.63, 3.8) is 0 Å². The van der Waals surface area contributed by atoms with E-state index in [0.717, 1.165) is 37.8 Å². The van der Waals surface area contributed by atoms with Crippen LogP contribution in [0.5, 0.6) is 0 Å². The first kappa shape index (κ1) is 11.8. The van der Waals surface area contributed by atoms with E-state index in [-0.39, 0.29) is 0 Å². The maximum absolute atomic E-state index is 12.2. The summed E-state index contributed by atoms with van der Waals surface area (Å²) in [6.45, 7) is 1.85. The molecule has 17 heavy (non-hydrogen) atoms. The zero-order valence-corrected chi connectivity index (χ0v) is 11.2. The van der Waals surface area contributed by atoms with E-state index in [2.05, 4.69) is 4.90 Å². The molecule has 2 aliphatic carbocycles. The van der Waals surface area contributed by atoms with Crippen LogP contribution in [0.3, 0.4) is 0 Å². The normalized spacial score (nSPS) is 40.2. The SMILES string of the molecule is O=C(CC1CC2CCC1C2)N1CCC(CCl)C1. The molecule has 0 N–H and O–H groups in total. The number of hydrogen-bond donors (Lipinski definition) is 0. The van der Waals surface area contributed by atoms with Crippen LogP contribution in [0, 0.1) is 23.7 Å². The number of halogens is 1. The second kappa shape index (κ2) is 4.79. The van der Waals surface area contributed by atoms with Gasteiger partial charge in [0.15, 0.2) is 0 Å². The van der Waals surface area contributed by atoms with Crippen LogP contribution >= 0.6 is 11.6 Å².